The molecular formula is C24H37N5O7S. The van der Waals surface area contributed by atoms with Crippen molar-refractivity contribution in [2.45, 2.75) is 62.7 Å². The highest BCUT2D eigenvalue weighted by molar-refractivity contribution is 8.03. The van der Waals surface area contributed by atoms with Crippen LogP contribution in [0.2, 0.25) is 0 Å². The van der Waals surface area contributed by atoms with E-state index in [1.54, 1.807) is 16.7 Å². The molecule has 3 fully saturated rings. The van der Waals surface area contributed by atoms with E-state index in [0.29, 0.717) is 63.4 Å². The van der Waals surface area contributed by atoms with Crippen LogP contribution < -0.4 is 11.1 Å². The first-order chi connectivity index (χ1) is 17.6. The highest BCUT2D eigenvalue weighted by atomic mass is 32.2. The Balaban J connectivity index is 1.32. The van der Waals surface area contributed by atoms with Gasteiger partial charge in [0.25, 0.3) is 5.91 Å². The number of nitrogens with zero attached hydrogens (tertiary/aromatic N) is 3. The van der Waals surface area contributed by atoms with Crippen LogP contribution in [-0.2, 0) is 19.2 Å². The van der Waals surface area contributed by atoms with Crippen molar-refractivity contribution in [3.05, 3.63) is 10.6 Å². The summed E-state index contributed by atoms with van der Waals surface area (Å²) >= 11 is 1.40. The average Bonchev–Trinajstić information content (AvgIpc) is 3.43. The van der Waals surface area contributed by atoms with Gasteiger partial charge in [0.2, 0.25) is 11.8 Å². The zero-order valence-corrected chi connectivity index (χ0v) is 22.0. The number of fused-ring (bicyclic) bond motifs is 1. The molecule has 4 aliphatic heterocycles. The number of nitrogens with one attached hydrogen (secondary N) is 1. The average molecular weight is 540 g/mol. The highest BCUT2D eigenvalue weighted by Crippen LogP contribution is 2.51. The van der Waals surface area contributed by atoms with Gasteiger partial charge in [0.1, 0.15) is 11.8 Å². The molecule has 7 atom stereocenters. The lowest BCUT2D eigenvalue weighted by Gasteiger charge is -2.46. The number of hydrogen-bond acceptors (Lipinski definition) is 9. The number of nitrogens with two attached hydrogens (primary N) is 1. The number of carboxylic acids is 1. The van der Waals surface area contributed by atoms with E-state index in [1.807, 2.05) is 6.92 Å². The molecule has 206 valence electrons. The van der Waals surface area contributed by atoms with Gasteiger partial charge in [-0.2, -0.15) is 0 Å². The summed E-state index contributed by atoms with van der Waals surface area (Å²) in [5, 5.41) is 33.1. The second-order valence-corrected chi connectivity index (χ2v) is 11.6. The van der Waals surface area contributed by atoms with Crippen LogP contribution in [0, 0.1) is 11.8 Å². The van der Waals surface area contributed by atoms with Crippen LogP contribution in [0.25, 0.3) is 0 Å². The van der Waals surface area contributed by atoms with Gasteiger partial charge in [0.15, 0.2) is 0 Å². The maximum Gasteiger partial charge on any atom is 0.353 e. The van der Waals surface area contributed by atoms with E-state index in [-0.39, 0.29) is 40.6 Å². The summed E-state index contributed by atoms with van der Waals surface area (Å²) < 4.78 is 0. The number of thioether (sulfide) groups is 1. The Morgan fingerprint density at radius 3 is 2.41 bits per heavy atom. The molecule has 0 aromatic rings. The van der Waals surface area contributed by atoms with E-state index in [0.717, 1.165) is 0 Å². The first-order valence-corrected chi connectivity index (χ1v) is 13.8. The van der Waals surface area contributed by atoms with E-state index in [1.165, 1.54) is 16.7 Å². The van der Waals surface area contributed by atoms with E-state index < -0.39 is 30.1 Å². The molecule has 4 heterocycles. The van der Waals surface area contributed by atoms with Gasteiger partial charge in [-0.3, -0.25) is 14.4 Å². The first kappa shape index (κ1) is 27.8. The Labute approximate surface area is 220 Å². The molecule has 13 heteroatoms. The fraction of sp³-hybridized carbons (Fsp3) is 0.750. The topological polar surface area (TPSA) is 177 Å². The van der Waals surface area contributed by atoms with E-state index in [4.69, 9.17) is 5.73 Å². The van der Waals surface area contributed by atoms with Crippen molar-refractivity contribution in [2.24, 2.45) is 17.6 Å². The second-order valence-electron chi connectivity index (χ2n) is 10.3. The van der Waals surface area contributed by atoms with Crippen LogP contribution in [0.1, 0.15) is 33.1 Å². The van der Waals surface area contributed by atoms with Crippen LogP contribution in [0.4, 0.5) is 0 Å². The number of carbonyl (C=O) groups excluding carboxylic acids is 3. The molecular weight excluding hydrogens is 502 g/mol. The third kappa shape index (κ3) is 5.24. The molecule has 0 saturated carbocycles. The maximum absolute atomic E-state index is 13.1. The minimum atomic E-state index is -1.16. The molecule has 0 bridgehead atoms. The third-order valence-corrected chi connectivity index (χ3v) is 9.37. The van der Waals surface area contributed by atoms with Crippen molar-refractivity contribution in [3.63, 3.8) is 0 Å². The summed E-state index contributed by atoms with van der Waals surface area (Å²) in [6, 6.07) is -0.773. The van der Waals surface area contributed by atoms with Crippen LogP contribution >= 0.6 is 11.8 Å². The van der Waals surface area contributed by atoms with Crippen LogP contribution in [0.5, 0.6) is 0 Å². The van der Waals surface area contributed by atoms with Gasteiger partial charge < -0.3 is 41.1 Å². The molecule has 6 N–H and O–H groups in total. The van der Waals surface area contributed by atoms with Gasteiger partial charge in [0.05, 0.1) is 24.1 Å². The minimum absolute atomic E-state index is 0.00591. The summed E-state index contributed by atoms with van der Waals surface area (Å²) in [6.45, 7) is 5.85. The quantitative estimate of drug-likeness (QED) is 0.214. The smallest absolute Gasteiger partial charge is 0.353 e. The van der Waals surface area contributed by atoms with Crippen LogP contribution in [0.3, 0.4) is 0 Å². The number of piperazine rings is 1. The lowest BCUT2D eigenvalue weighted by molar-refractivity contribution is -0.163. The zero-order chi connectivity index (χ0) is 27.0. The maximum atomic E-state index is 13.1. The van der Waals surface area contributed by atoms with Crippen molar-refractivity contribution < 1.29 is 34.5 Å². The van der Waals surface area contributed by atoms with Gasteiger partial charge in [-0.05, 0) is 32.7 Å². The number of hydrogen-bond donors (Lipinski definition) is 5. The van der Waals surface area contributed by atoms with Gasteiger partial charge in [-0.1, -0.05) is 6.92 Å². The standard InChI is InChI=1S/C24H37N5O7S/c1-12-18-17(13(2)30)23(34)29(18)19(24(35)36)20(12)37-14-10-15(26-11-14)21(32)27-6-8-28(9-7-27)22(33)16(31)4-3-5-25/h12-18,26,30-31H,3-11,25H2,1-2H3,(H,35,36)/t12-,13-,14+,15+,16+,17-,18+/m1/s1. The predicted octanol–water partition coefficient (Wildman–Crippen LogP) is -1.63. The molecule has 0 spiro atoms. The van der Waals surface area contributed by atoms with Crippen LogP contribution in [0.15, 0.2) is 10.6 Å². The van der Waals surface area contributed by atoms with Crippen LogP contribution in [-0.4, -0.2) is 123 Å². The molecule has 0 radical (unpaired) electrons. The molecule has 0 aromatic heterocycles. The number of β-lactam (4-membered cyclic amide) rings is 1. The van der Waals surface area contributed by atoms with Crippen molar-refractivity contribution in [1.29, 1.82) is 0 Å². The Morgan fingerprint density at radius 2 is 1.81 bits per heavy atom. The number of aliphatic hydroxyl groups excluding tert-OH is 2. The predicted molar refractivity (Wildman–Crippen MR) is 135 cm³/mol. The lowest BCUT2D eigenvalue weighted by atomic mass is 9.79. The lowest BCUT2D eigenvalue weighted by Crippen LogP contribution is -2.63. The molecule has 0 aliphatic carbocycles. The normalized spacial score (nSPS) is 31.3. The monoisotopic (exact) mass is 539 g/mol. The molecule has 4 rings (SSSR count). The molecule has 37 heavy (non-hydrogen) atoms. The summed E-state index contributed by atoms with van der Waals surface area (Å²) in [6.07, 6.45) is -0.513. The molecule has 0 unspecified atom stereocenters. The van der Waals surface area contributed by atoms with Gasteiger partial charge in [-0.25, -0.2) is 4.79 Å². The number of aliphatic hydroxyl groups is 2. The summed E-state index contributed by atoms with van der Waals surface area (Å²) in [7, 11) is 0. The molecule has 3 saturated heterocycles. The fourth-order valence-corrected chi connectivity index (χ4v) is 7.33. The highest BCUT2D eigenvalue weighted by Gasteiger charge is 2.60. The number of rotatable bonds is 9. The Hall–Kier alpha value is -2.19. The Bertz CT molecular complexity index is 967. The van der Waals surface area contributed by atoms with Crippen molar-refractivity contribution in [1.82, 2.24) is 20.0 Å². The Kier molecular flexibility index (Phi) is 8.48. The molecule has 12 nitrogen and oxygen atoms in total. The van der Waals surface area contributed by atoms with Gasteiger partial charge in [0, 0.05) is 48.8 Å². The van der Waals surface area contributed by atoms with E-state index in [9.17, 15) is 34.5 Å². The number of carbonyl (C=O) groups is 4. The summed E-state index contributed by atoms with van der Waals surface area (Å²) in [5.41, 5.74) is 5.44. The number of aliphatic carboxylic acids is 1. The minimum Gasteiger partial charge on any atom is -0.477 e. The number of carboxylic acid groups (broad SMARTS) is 1. The van der Waals surface area contributed by atoms with Gasteiger partial charge >= 0.3 is 5.97 Å². The number of amides is 3. The molecule has 0 aromatic carbocycles. The van der Waals surface area contributed by atoms with Crippen molar-refractivity contribution in [2.75, 3.05) is 39.3 Å². The van der Waals surface area contributed by atoms with Crippen molar-refractivity contribution >= 4 is 35.5 Å². The summed E-state index contributed by atoms with van der Waals surface area (Å²) in [5.74, 6) is -2.72. The van der Waals surface area contributed by atoms with Gasteiger partial charge in [-0.15, -0.1) is 11.8 Å². The Morgan fingerprint density at radius 1 is 1.16 bits per heavy atom. The zero-order valence-electron chi connectivity index (χ0n) is 21.2. The van der Waals surface area contributed by atoms with E-state index in [2.05, 4.69) is 5.32 Å². The third-order valence-electron chi connectivity index (χ3n) is 7.86. The fourth-order valence-electron chi connectivity index (χ4n) is 5.85. The first-order valence-electron chi connectivity index (χ1n) is 12.9. The largest absolute Gasteiger partial charge is 0.477 e. The van der Waals surface area contributed by atoms with Crippen molar-refractivity contribution in [3.8, 4) is 0 Å². The van der Waals surface area contributed by atoms with E-state index >= 15 is 0 Å². The molecule has 3 amide bonds. The molecule has 4 aliphatic rings. The SMILES string of the molecule is C[C@@H](O)[C@H]1C(=O)N2C(C(=O)O)=C(S[C@@H]3CN[C@H](C(=O)N4CCN(C(=O)[C@@H](O)CCCN)CC4)C3)[C@H](C)[C@@H]12. The summed E-state index contributed by atoms with van der Waals surface area (Å²) in [4.78, 5) is 55.4. The second kappa shape index (κ2) is 11.3.